The normalized spacial score (nSPS) is 14.1. The number of hydrogen-bond acceptors (Lipinski definition) is 3. The summed E-state index contributed by atoms with van der Waals surface area (Å²) in [4.78, 5) is 0. The van der Waals surface area contributed by atoms with Gasteiger partial charge in [0.25, 0.3) is 0 Å². The molecule has 2 aromatic rings. The van der Waals surface area contributed by atoms with Gasteiger partial charge in [-0.2, -0.15) is 5.10 Å². The van der Waals surface area contributed by atoms with Crippen LogP contribution in [0.5, 0.6) is 0 Å². The van der Waals surface area contributed by atoms with Crippen LogP contribution in [0, 0.1) is 5.82 Å². The van der Waals surface area contributed by atoms with Crippen molar-refractivity contribution in [1.82, 2.24) is 15.1 Å². The van der Waals surface area contributed by atoms with Gasteiger partial charge in [0.05, 0.1) is 11.4 Å². The Morgan fingerprint density at radius 2 is 2.25 bits per heavy atom. The van der Waals surface area contributed by atoms with Crippen molar-refractivity contribution in [3.63, 3.8) is 0 Å². The third-order valence-electron chi connectivity index (χ3n) is 2.75. The zero-order chi connectivity index (χ0) is 11.1. The van der Waals surface area contributed by atoms with Gasteiger partial charge in [-0.3, -0.25) is 0 Å². The molecule has 3 rings (SSSR count). The van der Waals surface area contributed by atoms with E-state index in [1.807, 2.05) is 0 Å². The number of nitrogens with one attached hydrogen (secondary N) is 1. The molecule has 1 aromatic carbocycles. The summed E-state index contributed by atoms with van der Waals surface area (Å²) in [6.07, 6.45) is 0. The molecule has 82 valence electrons. The number of halogens is 1. The summed E-state index contributed by atoms with van der Waals surface area (Å²) in [5.41, 5.74) is 8.60. The molecular formula is C11H11FN4. The molecule has 0 fully saturated rings. The Hall–Kier alpha value is -1.88. The van der Waals surface area contributed by atoms with Crippen LogP contribution in [0.25, 0.3) is 5.69 Å². The predicted octanol–water partition coefficient (Wildman–Crippen LogP) is 1.20. The van der Waals surface area contributed by atoms with Crippen molar-refractivity contribution in [3.05, 3.63) is 41.3 Å². The highest BCUT2D eigenvalue weighted by atomic mass is 19.1. The first-order chi connectivity index (χ1) is 7.75. The quantitative estimate of drug-likeness (QED) is 0.756. The van der Waals surface area contributed by atoms with Crippen LogP contribution >= 0.6 is 0 Å². The fourth-order valence-corrected chi connectivity index (χ4v) is 1.96. The molecule has 0 atom stereocenters. The number of fused-ring (bicyclic) bond motifs is 1. The maximum atomic E-state index is 13.1. The highest BCUT2D eigenvalue weighted by Crippen LogP contribution is 2.24. The monoisotopic (exact) mass is 218 g/mol. The third-order valence-corrected chi connectivity index (χ3v) is 2.75. The number of nitrogens with two attached hydrogens (primary N) is 1. The van der Waals surface area contributed by atoms with Crippen LogP contribution in [0.4, 0.5) is 10.2 Å². The minimum absolute atomic E-state index is 0.286. The first-order valence-corrected chi connectivity index (χ1v) is 5.08. The number of rotatable bonds is 1. The van der Waals surface area contributed by atoms with Gasteiger partial charge >= 0.3 is 0 Å². The van der Waals surface area contributed by atoms with Crippen LogP contribution in [0.2, 0.25) is 0 Å². The predicted molar refractivity (Wildman–Crippen MR) is 58.5 cm³/mol. The SMILES string of the molecule is Nc1c2c(nn1-c1cccc(F)c1)CNC2. The molecule has 0 radical (unpaired) electrons. The van der Waals surface area contributed by atoms with Gasteiger partial charge in [-0.15, -0.1) is 0 Å². The van der Waals surface area contributed by atoms with Crippen molar-refractivity contribution in [2.75, 3.05) is 5.73 Å². The second-order valence-electron chi connectivity index (χ2n) is 3.81. The van der Waals surface area contributed by atoms with E-state index < -0.39 is 0 Å². The molecular weight excluding hydrogens is 207 g/mol. The Bertz CT molecular complexity index is 547. The van der Waals surface area contributed by atoms with Crippen molar-refractivity contribution < 1.29 is 4.39 Å². The minimum atomic E-state index is -0.286. The molecule has 0 amide bonds. The van der Waals surface area contributed by atoms with Crippen molar-refractivity contribution in [2.45, 2.75) is 13.1 Å². The molecule has 2 heterocycles. The molecule has 0 saturated heterocycles. The molecule has 16 heavy (non-hydrogen) atoms. The number of nitrogens with zero attached hydrogens (tertiary/aromatic N) is 2. The Morgan fingerprint density at radius 1 is 1.38 bits per heavy atom. The standard InChI is InChI=1S/C11H11FN4/c12-7-2-1-3-8(4-7)16-11(13)9-5-14-6-10(9)15-16/h1-4,14H,5-6,13H2. The number of hydrogen-bond donors (Lipinski definition) is 2. The largest absolute Gasteiger partial charge is 0.383 e. The lowest BCUT2D eigenvalue weighted by molar-refractivity contribution is 0.625. The molecule has 3 N–H and O–H groups in total. The summed E-state index contributed by atoms with van der Waals surface area (Å²) in [5, 5.41) is 7.53. The summed E-state index contributed by atoms with van der Waals surface area (Å²) in [6, 6.07) is 6.26. The second-order valence-corrected chi connectivity index (χ2v) is 3.81. The smallest absolute Gasteiger partial charge is 0.132 e. The maximum Gasteiger partial charge on any atom is 0.132 e. The van der Waals surface area contributed by atoms with Gasteiger partial charge in [0.1, 0.15) is 11.6 Å². The zero-order valence-electron chi connectivity index (χ0n) is 8.57. The molecule has 4 nitrogen and oxygen atoms in total. The average Bonchev–Trinajstić information content (AvgIpc) is 2.82. The maximum absolute atomic E-state index is 13.1. The molecule has 0 unspecified atom stereocenters. The van der Waals surface area contributed by atoms with E-state index in [-0.39, 0.29) is 5.82 Å². The summed E-state index contributed by atoms with van der Waals surface area (Å²) in [7, 11) is 0. The Kier molecular flexibility index (Phi) is 1.94. The third kappa shape index (κ3) is 1.29. The van der Waals surface area contributed by atoms with E-state index in [4.69, 9.17) is 5.73 Å². The topological polar surface area (TPSA) is 55.9 Å². The van der Waals surface area contributed by atoms with Crippen molar-refractivity contribution in [1.29, 1.82) is 0 Å². The van der Waals surface area contributed by atoms with Crippen LogP contribution < -0.4 is 11.1 Å². The van der Waals surface area contributed by atoms with E-state index in [9.17, 15) is 4.39 Å². The van der Waals surface area contributed by atoms with Gasteiger partial charge < -0.3 is 11.1 Å². The molecule has 0 saturated carbocycles. The fraction of sp³-hybridized carbons (Fsp3) is 0.182. The zero-order valence-corrected chi connectivity index (χ0v) is 8.57. The number of nitrogen functional groups attached to an aromatic ring is 1. The summed E-state index contributed by atoms with van der Waals surface area (Å²) in [6.45, 7) is 1.46. The lowest BCUT2D eigenvalue weighted by Gasteiger charge is -2.05. The van der Waals surface area contributed by atoms with Gasteiger partial charge in [0.15, 0.2) is 0 Å². The van der Waals surface area contributed by atoms with Crippen molar-refractivity contribution >= 4 is 5.82 Å². The Balaban J connectivity index is 2.14. The van der Waals surface area contributed by atoms with Gasteiger partial charge in [0.2, 0.25) is 0 Å². The molecule has 1 aromatic heterocycles. The summed E-state index contributed by atoms with van der Waals surface area (Å²) < 4.78 is 14.7. The van der Waals surface area contributed by atoms with Gasteiger partial charge in [-0.25, -0.2) is 9.07 Å². The van der Waals surface area contributed by atoms with E-state index in [1.165, 1.54) is 12.1 Å². The molecule has 0 spiro atoms. The van der Waals surface area contributed by atoms with Crippen LogP contribution in [0.15, 0.2) is 24.3 Å². The van der Waals surface area contributed by atoms with Crippen molar-refractivity contribution in [3.8, 4) is 5.69 Å². The number of benzene rings is 1. The minimum Gasteiger partial charge on any atom is -0.383 e. The van der Waals surface area contributed by atoms with Crippen LogP contribution in [-0.4, -0.2) is 9.78 Å². The van der Waals surface area contributed by atoms with Crippen LogP contribution in [-0.2, 0) is 13.1 Å². The first kappa shape index (κ1) is 9.35. The number of aromatic nitrogens is 2. The number of anilines is 1. The van der Waals surface area contributed by atoms with E-state index in [1.54, 1.807) is 16.8 Å². The van der Waals surface area contributed by atoms with E-state index >= 15 is 0 Å². The summed E-state index contributed by atoms with van der Waals surface area (Å²) >= 11 is 0. The summed E-state index contributed by atoms with van der Waals surface area (Å²) in [5.74, 6) is 0.302. The molecule has 0 bridgehead atoms. The highest BCUT2D eigenvalue weighted by molar-refractivity contribution is 5.51. The molecule has 5 heteroatoms. The van der Waals surface area contributed by atoms with Crippen LogP contribution in [0.1, 0.15) is 11.3 Å². The fourth-order valence-electron chi connectivity index (χ4n) is 1.96. The van der Waals surface area contributed by atoms with E-state index in [0.717, 1.165) is 24.3 Å². The molecule has 0 aliphatic carbocycles. The van der Waals surface area contributed by atoms with Gasteiger partial charge in [0, 0.05) is 18.7 Å². The van der Waals surface area contributed by atoms with E-state index in [2.05, 4.69) is 10.4 Å². The highest BCUT2D eigenvalue weighted by Gasteiger charge is 2.20. The second kappa shape index (κ2) is 3.31. The molecule has 1 aliphatic rings. The average molecular weight is 218 g/mol. The Labute approximate surface area is 91.9 Å². The van der Waals surface area contributed by atoms with Gasteiger partial charge in [-0.05, 0) is 18.2 Å². The van der Waals surface area contributed by atoms with E-state index in [0.29, 0.717) is 11.5 Å². The lowest BCUT2D eigenvalue weighted by atomic mass is 10.3. The van der Waals surface area contributed by atoms with Crippen molar-refractivity contribution in [2.24, 2.45) is 0 Å². The molecule has 1 aliphatic heterocycles. The first-order valence-electron chi connectivity index (χ1n) is 5.08. The van der Waals surface area contributed by atoms with Crippen LogP contribution in [0.3, 0.4) is 0 Å². The Morgan fingerprint density at radius 3 is 3.00 bits per heavy atom. The van der Waals surface area contributed by atoms with Gasteiger partial charge in [-0.1, -0.05) is 6.07 Å². The lowest BCUT2D eigenvalue weighted by Crippen LogP contribution is -2.09.